The molecule has 0 saturated carbocycles. The Morgan fingerprint density at radius 2 is 0.962 bits per heavy atom. The van der Waals surface area contributed by atoms with Crippen molar-refractivity contribution in [2.45, 2.75) is 0 Å². The maximum atomic E-state index is 6.24. The first-order valence-electron chi connectivity index (χ1n) is 17.2. The van der Waals surface area contributed by atoms with E-state index in [4.69, 9.17) is 24.4 Å². The summed E-state index contributed by atoms with van der Waals surface area (Å²) < 4.78 is 8.64. The number of furan rings is 1. The molecule has 0 aliphatic heterocycles. The lowest BCUT2D eigenvalue weighted by molar-refractivity contribution is 0.669. The Morgan fingerprint density at radius 1 is 0.365 bits per heavy atom. The number of hydrogen-bond donors (Lipinski definition) is 0. The molecule has 52 heavy (non-hydrogen) atoms. The topological polar surface area (TPSA) is 64.7 Å². The van der Waals surface area contributed by atoms with Crippen LogP contribution in [0.25, 0.3) is 109 Å². The molecule has 0 N–H and O–H groups in total. The normalized spacial score (nSPS) is 11.8. The van der Waals surface area contributed by atoms with E-state index in [1.165, 1.54) is 25.6 Å². The van der Waals surface area contributed by atoms with Crippen LogP contribution in [0.5, 0.6) is 0 Å². The summed E-state index contributed by atoms with van der Waals surface area (Å²) in [5.41, 5.74) is 7.51. The molecule has 242 valence electrons. The smallest absolute Gasteiger partial charge is 0.164 e. The van der Waals surface area contributed by atoms with Crippen molar-refractivity contribution in [3.63, 3.8) is 0 Å². The predicted octanol–water partition coefficient (Wildman–Crippen LogP) is 12.5. The largest absolute Gasteiger partial charge is 0.456 e. The highest BCUT2D eigenvalue weighted by Crippen LogP contribution is 2.44. The Kier molecular flexibility index (Phi) is 6.35. The van der Waals surface area contributed by atoms with Gasteiger partial charge in [0.1, 0.15) is 11.2 Å². The molecule has 0 radical (unpaired) electrons. The maximum absolute atomic E-state index is 6.24. The molecule has 0 saturated heterocycles. The summed E-state index contributed by atoms with van der Waals surface area (Å²) in [6, 6.07) is 54.4. The van der Waals surface area contributed by atoms with Gasteiger partial charge in [0.15, 0.2) is 17.5 Å². The van der Waals surface area contributed by atoms with Crippen molar-refractivity contribution in [2.75, 3.05) is 0 Å². The first kappa shape index (κ1) is 29.0. The van der Waals surface area contributed by atoms with Crippen LogP contribution in [0.15, 0.2) is 162 Å². The van der Waals surface area contributed by atoms with Gasteiger partial charge in [-0.2, -0.15) is 0 Å². The molecule has 5 nitrogen and oxygen atoms in total. The molecule has 4 aromatic heterocycles. The molecule has 0 aliphatic carbocycles. The Balaban J connectivity index is 1.12. The molecule has 0 aliphatic rings. The first-order valence-corrected chi connectivity index (χ1v) is 18.0. The minimum Gasteiger partial charge on any atom is -0.456 e. The molecular weight excluding hydrogens is 657 g/mol. The fourth-order valence-electron chi connectivity index (χ4n) is 7.48. The minimum absolute atomic E-state index is 0.598. The predicted molar refractivity (Wildman–Crippen MR) is 215 cm³/mol. The highest BCUT2D eigenvalue weighted by atomic mass is 32.1. The summed E-state index contributed by atoms with van der Waals surface area (Å²) in [6.45, 7) is 0. The Labute approximate surface area is 301 Å². The molecule has 0 amide bonds. The quantitative estimate of drug-likeness (QED) is 0.173. The SMILES string of the molecule is c1ccc(-c2nc(-c3ccc4c(c3)oc3ccccc34)nc(-c3ccc4c(c3)sc3ccc5c(-c6ccccc6)nc6ccccc6c5c34)n2)cc1. The van der Waals surface area contributed by atoms with Crippen LogP contribution in [0.1, 0.15) is 0 Å². The van der Waals surface area contributed by atoms with Gasteiger partial charge in [0.25, 0.3) is 0 Å². The lowest BCUT2D eigenvalue weighted by atomic mass is 9.96. The molecule has 0 spiro atoms. The van der Waals surface area contributed by atoms with Gasteiger partial charge in [0, 0.05) is 69.4 Å². The van der Waals surface area contributed by atoms with Gasteiger partial charge in [0.2, 0.25) is 0 Å². The fourth-order valence-corrected chi connectivity index (χ4v) is 8.63. The Bertz CT molecular complexity index is 3190. The lowest BCUT2D eigenvalue weighted by Crippen LogP contribution is -2.00. The second kappa shape index (κ2) is 11.4. The van der Waals surface area contributed by atoms with Crippen molar-refractivity contribution in [2.24, 2.45) is 0 Å². The second-order valence-corrected chi connectivity index (χ2v) is 14.1. The van der Waals surface area contributed by atoms with E-state index in [-0.39, 0.29) is 0 Å². The lowest BCUT2D eigenvalue weighted by Gasteiger charge is -2.11. The minimum atomic E-state index is 0.598. The van der Waals surface area contributed by atoms with Crippen LogP contribution in [0.3, 0.4) is 0 Å². The van der Waals surface area contributed by atoms with E-state index >= 15 is 0 Å². The number of fused-ring (bicyclic) bond motifs is 10. The second-order valence-electron chi connectivity index (χ2n) is 13.0. The van der Waals surface area contributed by atoms with Gasteiger partial charge in [-0.3, -0.25) is 0 Å². The van der Waals surface area contributed by atoms with Crippen molar-refractivity contribution in [3.8, 4) is 45.4 Å². The van der Waals surface area contributed by atoms with Gasteiger partial charge in [-0.05, 0) is 36.4 Å². The van der Waals surface area contributed by atoms with Crippen molar-refractivity contribution < 1.29 is 4.42 Å². The highest BCUT2D eigenvalue weighted by molar-refractivity contribution is 7.26. The van der Waals surface area contributed by atoms with Gasteiger partial charge < -0.3 is 4.42 Å². The third-order valence-corrected chi connectivity index (χ3v) is 11.0. The van der Waals surface area contributed by atoms with Gasteiger partial charge in [0.05, 0.1) is 11.2 Å². The zero-order chi connectivity index (χ0) is 34.2. The van der Waals surface area contributed by atoms with E-state index in [0.717, 1.165) is 66.2 Å². The van der Waals surface area contributed by atoms with Crippen LogP contribution in [-0.2, 0) is 0 Å². The molecule has 0 fully saturated rings. The zero-order valence-corrected chi connectivity index (χ0v) is 28.4. The average Bonchev–Trinajstić information content (AvgIpc) is 3.78. The van der Waals surface area contributed by atoms with E-state index in [1.807, 2.05) is 60.7 Å². The third kappa shape index (κ3) is 4.55. The monoisotopic (exact) mass is 682 g/mol. The van der Waals surface area contributed by atoms with Crippen LogP contribution in [0.2, 0.25) is 0 Å². The van der Waals surface area contributed by atoms with Crippen molar-refractivity contribution in [3.05, 3.63) is 158 Å². The maximum Gasteiger partial charge on any atom is 0.164 e. The molecule has 11 aromatic rings. The number of rotatable bonds is 4. The van der Waals surface area contributed by atoms with Gasteiger partial charge in [-0.15, -0.1) is 11.3 Å². The van der Waals surface area contributed by atoms with E-state index in [2.05, 4.69) is 97.1 Å². The zero-order valence-electron chi connectivity index (χ0n) is 27.6. The van der Waals surface area contributed by atoms with Crippen LogP contribution in [0, 0.1) is 0 Å². The number of hydrogen-bond acceptors (Lipinski definition) is 6. The van der Waals surface area contributed by atoms with E-state index in [1.54, 1.807) is 11.3 Å². The average molecular weight is 683 g/mol. The van der Waals surface area contributed by atoms with Crippen molar-refractivity contribution >= 4 is 75.1 Å². The standard InChI is InChI=1S/C46H26N4OS/c1-3-11-27(12-4-1)43-35-23-24-39-42(41(35)33-16-7-9-17-36(33)47-43)34-22-20-30(26-40(34)52-39)46-49-44(28-13-5-2-6-14-28)48-45(50-46)29-19-21-32-31-15-8-10-18-37(31)51-38(32)25-29/h1-26H. The van der Waals surface area contributed by atoms with E-state index in [0.29, 0.717) is 17.5 Å². The number of para-hydroxylation sites is 2. The highest BCUT2D eigenvalue weighted by Gasteiger charge is 2.19. The first-order chi connectivity index (χ1) is 25.7. The van der Waals surface area contributed by atoms with Crippen LogP contribution in [0.4, 0.5) is 0 Å². The molecule has 0 unspecified atom stereocenters. The van der Waals surface area contributed by atoms with Crippen LogP contribution < -0.4 is 0 Å². The summed E-state index contributed by atoms with van der Waals surface area (Å²) in [6.07, 6.45) is 0. The molecular formula is C46H26N4OS. The molecule has 0 bridgehead atoms. The van der Waals surface area contributed by atoms with Crippen molar-refractivity contribution in [1.29, 1.82) is 0 Å². The summed E-state index contributed by atoms with van der Waals surface area (Å²) in [4.78, 5) is 20.3. The number of nitrogens with zero attached hydrogens (tertiary/aromatic N) is 4. The summed E-state index contributed by atoms with van der Waals surface area (Å²) >= 11 is 1.80. The number of aromatic nitrogens is 4. The molecule has 4 heterocycles. The number of benzene rings is 7. The number of thiophene rings is 1. The van der Waals surface area contributed by atoms with E-state index in [9.17, 15) is 0 Å². The van der Waals surface area contributed by atoms with Gasteiger partial charge >= 0.3 is 0 Å². The fraction of sp³-hybridized carbons (Fsp3) is 0. The van der Waals surface area contributed by atoms with Crippen LogP contribution >= 0.6 is 11.3 Å². The molecule has 11 rings (SSSR count). The van der Waals surface area contributed by atoms with E-state index < -0.39 is 0 Å². The van der Waals surface area contributed by atoms with Gasteiger partial charge in [-0.25, -0.2) is 19.9 Å². The van der Waals surface area contributed by atoms with Gasteiger partial charge in [-0.1, -0.05) is 121 Å². The molecule has 6 heteroatoms. The van der Waals surface area contributed by atoms with Crippen molar-refractivity contribution in [1.82, 2.24) is 19.9 Å². The summed E-state index contributed by atoms with van der Waals surface area (Å²) in [5, 5.41) is 8.16. The van der Waals surface area contributed by atoms with Crippen LogP contribution in [-0.4, -0.2) is 19.9 Å². The number of pyridine rings is 1. The Morgan fingerprint density at radius 3 is 1.75 bits per heavy atom. The molecule has 0 atom stereocenters. The molecule has 7 aromatic carbocycles. The summed E-state index contributed by atoms with van der Waals surface area (Å²) in [5.74, 6) is 1.85. The Hall–Kier alpha value is -6.76. The third-order valence-electron chi connectivity index (χ3n) is 9.91. The summed E-state index contributed by atoms with van der Waals surface area (Å²) in [7, 11) is 0.